The molecule has 0 radical (unpaired) electrons. The van der Waals surface area contributed by atoms with Gasteiger partial charge in [0.2, 0.25) is 0 Å². The number of hydrogen-bond acceptors (Lipinski definition) is 2. The second-order valence-corrected chi connectivity index (χ2v) is 2.77. The zero-order valence-electron chi connectivity index (χ0n) is 8.34. The highest BCUT2D eigenvalue weighted by Crippen LogP contribution is 2.09. The molecule has 0 unspecified atom stereocenters. The van der Waals surface area contributed by atoms with E-state index in [9.17, 15) is 4.39 Å². The molecular weight excluding hydrogens is 181 g/mol. The highest BCUT2D eigenvalue weighted by atomic mass is 19.1. The summed E-state index contributed by atoms with van der Waals surface area (Å²) in [7, 11) is 1.93. The minimum Gasteiger partial charge on any atom is -0.345 e. The Morgan fingerprint density at radius 1 is 1.50 bits per heavy atom. The molecule has 0 saturated heterocycles. The molecule has 0 aliphatic rings. The van der Waals surface area contributed by atoms with E-state index >= 15 is 0 Å². The quantitative estimate of drug-likeness (QED) is 0.730. The normalized spacial score (nSPS) is 9.64. The highest BCUT2D eigenvalue weighted by Gasteiger charge is 1.94. The summed E-state index contributed by atoms with van der Waals surface area (Å²) in [5, 5.41) is 2.93. The number of rotatable bonds is 1. The Labute approximate surface area is 82.4 Å². The van der Waals surface area contributed by atoms with Crippen LogP contribution in [0, 0.1) is 5.82 Å². The Bertz CT molecular complexity index is 382. The SMILES string of the molecule is CCNC.Fc1ccc2[nH]cnc2c1. The number of aromatic amines is 1. The van der Waals surface area contributed by atoms with Gasteiger partial charge in [0.15, 0.2) is 0 Å². The molecule has 0 amide bonds. The third kappa shape index (κ3) is 2.81. The van der Waals surface area contributed by atoms with Crippen LogP contribution in [0.25, 0.3) is 11.0 Å². The first-order valence-corrected chi connectivity index (χ1v) is 4.51. The Kier molecular flexibility index (Phi) is 4.07. The lowest BCUT2D eigenvalue weighted by Gasteiger charge is -1.85. The van der Waals surface area contributed by atoms with E-state index in [0.717, 1.165) is 12.1 Å². The van der Waals surface area contributed by atoms with Gasteiger partial charge in [0, 0.05) is 6.07 Å². The van der Waals surface area contributed by atoms with E-state index in [-0.39, 0.29) is 5.82 Å². The maximum Gasteiger partial charge on any atom is 0.125 e. The van der Waals surface area contributed by atoms with Crippen LogP contribution in [-0.4, -0.2) is 23.6 Å². The van der Waals surface area contributed by atoms with Crippen LogP contribution in [0.2, 0.25) is 0 Å². The van der Waals surface area contributed by atoms with E-state index in [4.69, 9.17) is 0 Å². The lowest BCUT2D eigenvalue weighted by atomic mass is 10.3. The summed E-state index contributed by atoms with van der Waals surface area (Å²) >= 11 is 0. The van der Waals surface area contributed by atoms with Gasteiger partial charge in [-0.3, -0.25) is 0 Å². The average Bonchev–Trinajstić information content (AvgIpc) is 2.65. The topological polar surface area (TPSA) is 40.7 Å². The summed E-state index contributed by atoms with van der Waals surface area (Å²) < 4.78 is 12.5. The molecule has 0 spiro atoms. The number of imidazole rings is 1. The Morgan fingerprint density at radius 3 is 2.86 bits per heavy atom. The van der Waals surface area contributed by atoms with Gasteiger partial charge < -0.3 is 10.3 Å². The first-order chi connectivity index (χ1) is 6.77. The smallest absolute Gasteiger partial charge is 0.125 e. The van der Waals surface area contributed by atoms with Gasteiger partial charge in [0.25, 0.3) is 0 Å². The van der Waals surface area contributed by atoms with Crippen molar-refractivity contribution in [3.05, 3.63) is 30.3 Å². The third-order valence-corrected chi connectivity index (χ3v) is 1.74. The molecule has 0 saturated carbocycles. The van der Waals surface area contributed by atoms with Crippen LogP contribution in [0.4, 0.5) is 4.39 Å². The van der Waals surface area contributed by atoms with E-state index in [0.29, 0.717) is 5.52 Å². The van der Waals surface area contributed by atoms with Crippen molar-refractivity contribution < 1.29 is 4.39 Å². The summed E-state index contributed by atoms with van der Waals surface area (Å²) in [6.45, 7) is 3.14. The van der Waals surface area contributed by atoms with Gasteiger partial charge in [-0.25, -0.2) is 9.37 Å². The fourth-order valence-electron chi connectivity index (χ4n) is 0.905. The monoisotopic (exact) mass is 195 g/mol. The predicted octanol–water partition coefficient (Wildman–Crippen LogP) is 1.93. The molecule has 14 heavy (non-hydrogen) atoms. The Hall–Kier alpha value is -1.42. The Morgan fingerprint density at radius 2 is 2.21 bits per heavy atom. The number of hydrogen-bond donors (Lipinski definition) is 2. The third-order valence-electron chi connectivity index (χ3n) is 1.74. The summed E-state index contributed by atoms with van der Waals surface area (Å²) in [6.07, 6.45) is 1.55. The number of halogens is 1. The average molecular weight is 195 g/mol. The van der Waals surface area contributed by atoms with E-state index in [1.54, 1.807) is 12.4 Å². The fraction of sp³-hybridized carbons (Fsp3) is 0.300. The number of fused-ring (bicyclic) bond motifs is 1. The second kappa shape index (κ2) is 5.34. The van der Waals surface area contributed by atoms with Crippen LogP contribution in [0.1, 0.15) is 6.92 Å². The van der Waals surface area contributed by atoms with Crippen LogP contribution in [0.5, 0.6) is 0 Å². The zero-order valence-corrected chi connectivity index (χ0v) is 8.34. The number of aromatic nitrogens is 2. The van der Waals surface area contributed by atoms with Gasteiger partial charge >= 0.3 is 0 Å². The van der Waals surface area contributed by atoms with Crippen molar-refractivity contribution in [1.29, 1.82) is 0 Å². The molecule has 3 nitrogen and oxygen atoms in total. The van der Waals surface area contributed by atoms with Crippen molar-refractivity contribution in [1.82, 2.24) is 15.3 Å². The molecule has 0 bridgehead atoms. The molecule has 0 aliphatic carbocycles. The summed E-state index contributed by atoms with van der Waals surface area (Å²) in [5.41, 5.74) is 1.53. The number of nitrogens with one attached hydrogen (secondary N) is 2. The van der Waals surface area contributed by atoms with Crippen molar-refractivity contribution in [2.24, 2.45) is 0 Å². The zero-order chi connectivity index (χ0) is 10.4. The van der Waals surface area contributed by atoms with Crippen LogP contribution >= 0.6 is 0 Å². The molecule has 1 aromatic carbocycles. The molecule has 1 heterocycles. The standard InChI is InChI=1S/C7H5FN2.C3H9N/c8-5-1-2-6-7(3-5)10-4-9-6;1-3-4-2/h1-4H,(H,9,10);4H,3H2,1-2H3. The first kappa shape index (κ1) is 10.7. The van der Waals surface area contributed by atoms with Gasteiger partial charge in [-0.15, -0.1) is 0 Å². The molecule has 0 fully saturated rings. The van der Waals surface area contributed by atoms with Gasteiger partial charge in [0.1, 0.15) is 5.82 Å². The second-order valence-electron chi connectivity index (χ2n) is 2.77. The Balaban J connectivity index is 0.000000213. The van der Waals surface area contributed by atoms with Crippen molar-refractivity contribution in [3.8, 4) is 0 Å². The van der Waals surface area contributed by atoms with E-state index in [1.807, 2.05) is 7.05 Å². The number of nitrogens with zero attached hydrogens (tertiary/aromatic N) is 1. The fourth-order valence-corrected chi connectivity index (χ4v) is 0.905. The first-order valence-electron chi connectivity index (χ1n) is 4.51. The molecule has 0 aliphatic heterocycles. The maximum atomic E-state index is 12.5. The summed E-state index contributed by atoms with van der Waals surface area (Å²) in [6, 6.07) is 4.46. The van der Waals surface area contributed by atoms with Gasteiger partial charge in [-0.05, 0) is 25.7 Å². The summed E-state index contributed by atoms with van der Waals surface area (Å²) in [5.74, 6) is -0.250. The molecule has 76 valence electrons. The predicted molar refractivity (Wildman–Crippen MR) is 55.7 cm³/mol. The van der Waals surface area contributed by atoms with Crippen LogP contribution in [0.3, 0.4) is 0 Å². The maximum absolute atomic E-state index is 12.5. The highest BCUT2D eigenvalue weighted by molar-refractivity contribution is 5.73. The van der Waals surface area contributed by atoms with Crippen molar-refractivity contribution in [3.63, 3.8) is 0 Å². The van der Waals surface area contributed by atoms with Gasteiger partial charge in [-0.2, -0.15) is 0 Å². The minimum absolute atomic E-state index is 0.250. The van der Waals surface area contributed by atoms with Crippen LogP contribution in [0.15, 0.2) is 24.5 Å². The molecule has 1 aromatic heterocycles. The molecular formula is C10H14FN3. The molecule has 2 rings (SSSR count). The lowest BCUT2D eigenvalue weighted by Crippen LogP contribution is -2.01. The van der Waals surface area contributed by atoms with Crippen molar-refractivity contribution >= 4 is 11.0 Å². The van der Waals surface area contributed by atoms with E-state index < -0.39 is 0 Å². The van der Waals surface area contributed by atoms with Crippen molar-refractivity contribution in [2.45, 2.75) is 6.92 Å². The lowest BCUT2D eigenvalue weighted by molar-refractivity contribution is 0.629. The molecule has 2 N–H and O–H groups in total. The molecule has 4 heteroatoms. The van der Waals surface area contributed by atoms with Gasteiger partial charge in [-0.1, -0.05) is 6.92 Å². The molecule has 0 atom stereocenters. The van der Waals surface area contributed by atoms with Crippen LogP contribution in [-0.2, 0) is 0 Å². The van der Waals surface area contributed by atoms with Crippen molar-refractivity contribution in [2.75, 3.05) is 13.6 Å². The van der Waals surface area contributed by atoms with Gasteiger partial charge in [0.05, 0.1) is 17.4 Å². The largest absolute Gasteiger partial charge is 0.345 e. The number of H-pyrrole nitrogens is 1. The summed E-state index contributed by atoms with van der Waals surface area (Å²) in [4.78, 5) is 6.75. The van der Waals surface area contributed by atoms with E-state index in [1.165, 1.54) is 12.1 Å². The molecule has 2 aromatic rings. The van der Waals surface area contributed by atoms with Crippen LogP contribution < -0.4 is 5.32 Å². The van der Waals surface area contributed by atoms with E-state index in [2.05, 4.69) is 22.2 Å². The number of benzene rings is 1. The minimum atomic E-state index is -0.250.